The average molecular weight is 279 g/mol. The van der Waals surface area contributed by atoms with E-state index in [-0.39, 0.29) is 5.91 Å². The summed E-state index contributed by atoms with van der Waals surface area (Å²) in [5, 5.41) is 7.70. The molecular weight excluding hydrogens is 254 g/mol. The number of aryl methyl sites for hydroxylation is 2. The second-order valence-electron chi connectivity index (χ2n) is 5.41. The molecule has 0 unspecified atom stereocenters. The zero-order valence-electron chi connectivity index (χ0n) is 12.7. The van der Waals surface area contributed by atoms with Crippen LogP contribution in [-0.4, -0.2) is 65.3 Å². The lowest BCUT2D eigenvalue weighted by molar-refractivity contribution is -0.132. The Kier molecular flexibility index (Phi) is 5.14. The van der Waals surface area contributed by atoms with Crippen molar-refractivity contribution in [2.24, 2.45) is 7.05 Å². The lowest BCUT2D eigenvalue weighted by Crippen LogP contribution is -2.49. The van der Waals surface area contributed by atoms with Crippen LogP contribution in [0.3, 0.4) is 0 Å². The zero-order valence-corrected chi connectivity index (χ0v) is 12.7. The summed E-state index contributed by atoms with van der Waals surface area (Å²) in [4.78, 5) is 16.2. The maximum absolute atomic E-state index is 12.2. The molecule has 0 radical (unpaired) electrons. The number of aromatic nitrogens is 2. The fourth-order valence-electron chi connectivity index (χ4n) is 2.47. The van der Waals surface area contributed by atoms with Crippen molar-refractivity contribution in [2.75, 3.05) is 39.8 Å². The summed E-state index contributed by atoms with van der Waals surface area (Å²) in [5.74, 6) is 0.215. The van der Waals surface area contributed by atoms with Gasteiger partial charge in [0.2, 0.25) is 5.91 Å². The molecule has 0 bridgehead atoms. The molecule has 6 heteroatoms. The number of rotatable bonds is 5. The number of nitrogens with one attached hydrogen (secondary N) is 1. The van der Waals surface area contributed by atoms with Gasteiger partial charge in [0.1, 0.15) is 0 Å². The third-order valence-corrected chi connectivity index (χ3v) is 3.70. The van der Waals surface area contributed by atoms with Crippen LogP contribution < -0.4 is 5.32 Å². The van der Waals surface area contributed by atoms with Gasteiger partial charge in [0.05, 0.1) is 17.9 Å². The van der Waals surface area contributed by atoms with Crippen LogP contribution in [-0.2, 0) is 24.8 Å². The van der Waals surface area contributed by atoms with E-state index in [0.29, 0.717) is 6.54 Å². The van der Waals surface area contributed by atoms with Crippen LogP contribution in [0.5, 0.6) is 0 Å². The quantitative estimate of drug-likeness (QED) is 0.814. The molecule has 0 aliphatic carbocycles. The molecule has 2 rings (SSSR count). The van der Waals surface area contributed by atoms with Gasteiger partial charge in [-0.15, -0.1) is 0 Å². The number of piperazine rings is 1. The Bertz CT molecular complexity index is 450. The smallest absolute Gasteiger partial charge is 0.236 e. The minimum absolute atomic E-state index is 0.215. The summed E-state index contributed by atoms with van der Waals surface area (Å²) in [6.07, 6.45) is 0.942. The number of hydrogen-bond donors (Lipinski definition) is 1. The first kappa shape index (κ1) is 15.0. The SMILES string of the molecule is CCc1cc(CN(C)CC(=O)N2CCNCC2)n(C)n1. The van der Waals surface area contributed by atoms with Crippen LogP contribution in [0.2, 0.25) is 0 Å². The molecule has 1 aromatic rings. The normalized spacial score (nSPS) is 15.9. The number of carbonyl (C=O) groups is 1. The highest BCUT2D eigenvalue weighted by atomic mass is 16.2. The predicted octanol–water partition coefficient (Wildman–Crippen LogP) is -0.154. The van der Waals surface area contributed by atoms with Crippen LogP contribution in [0.4, 0.5) is 0 Å². The molecule has 1 N–H and O–H groups in total. The van der Waals surface area contributed by atoms with E-state index in [0.717, 1.165) is 50.5 Å². The molecule has 1 amide bonds. The van der Waals surface area contributed by atoms with Crippen LogP contribution in [0.25, 0.3) is 0 Å². The fourth-order valence-corrected chi connectivity index (χ4v) is 2.47. The Morgan fingerprint density at radius 2 is 2.15 bits per heavy atom. The molecule has 1 aromatic heterocycles. The summed E-state index contributed by atoms with van der Waals surface area (Å²) in [7, 11) is 3.94. The van der Waals surface area contributed by atoms with Crippen molar-refractivity contribution in [3.63, 3.8) is 0 Å². The van der Waals surface area contributed by atoms with Gasteiger partial charge in [0.25, 0.3) is 0 Å². The average Bonchev–Trinajstić information content (AvgIpc) is 2.80. The summed E-state index contributed by atoms with van der Waals surface area (Å²) in [6, 6.07) is 2.12. The van der Waals surface area contributed by atoms with E-state index in [2.05, 4.69) is 28.3 Å². The first-order valence-corrected chi connectivity index (χ1v) is 7.29. The van der Waals surface area contributed by atoms with Gasteiger partial charge in [0, 0.05) is 39.8 Å². The molecule has 2 heterocycles. The van der Waals surface area contributed by atoms with Crippen molar-refractivity contribution in [1.29, 1.82) is 0 Å². The number of hydrogen-bond acceptors (Lipinski definition) is 4. The Morgan fingerprint density at radius 3 is 2.75 bits per heavy atom. The second kappa shape index (κ2) is 6.85. The van der Waals surface area contributed by atoms with E-state index in [1.54, 1.807) is 0 Å². The standard InChI is InChI=1S/C14H25N5O/c1-4-12-9-13(18(3)16-12)10-17(2)11-14(20)19-7-5-15-6-8-19/h9,15H,4-8,10-11H2,1-3H3. The highest BCUT2D eigenvalue weighted by molar-refractivity contribution is 5.78. The first-order chi connectivity index (χ1) is 9.60. The zero-order chi connectivity index (χ0) is 14.5. The maximum atomic E-state index is 12.2. The van der Waals surface area contributed by atoms with Crippen LogP contribution in [0.15, 0.2) is 6.07 Å². The van der Waals surface area contributed by atoms with Gasteiger partial charge < -0.3 is 10.2 Å². The summed E-state index contributed by atoms with van der Waals surface area (Å²) >= 11 is 0. The van der Waals surface area contributed by atoms with E-state index in [1.165, 1.54) is 0 Å². The van der Waals surface area contributed by atoms with Crippen LogP contribution in [0, 0.1) is 0 Å². The molecule has 6 nitrogen and oxygen atoms in total. The number of likely N-dealkylation sites (N-methyl/N-ethyl adjacent to an activating group) is 1. The van der Waals surface area contributed by atoms with E-state index < -0.39 is 0 Å². The molecule has 1 fully saturated rings. The molecular formula is C14H25N5O. The highest BCUT2D eigenvalue weighted by Crippen LogP contribution is 2.07. The minimum Gasteiger partial charge on any atom is -0.339 e. The van der Waals surface area contributed by atoms with Gasteiger partial charge >= 0.3 is 0 Å². The molecule has 20 heavy (non-hydrogen) atoms. The minimum atomic E-state index is 0.215. The lowest BCUT2D eigenvalue weighted by Gasteiger charge is -2.29. The second-order valence-corrected chi connectivity index (χ2v) is 5.41. The maximum Gasteiger partial charge on any atom is 0.236 e. The molecule has 1 aliphatic heterocycles. The monoisotopic (exact) mass is 279 g/mol. The number of nitrogens with zero attached hydrogens (tertiary/aromatic N) is 4. The number of amides is 1. The molecule has 1 saturated heterocycles. The highest BCUT2D eigenvalue weighted by Gasteiger charge is 2.18. The molecule has 0 atom stereocenters. The van der Waals surface area contributed by atoms with Gasteiger partial charge in [-0.1, -0.05) is 6.92 Å². The van der Waals surface area contributed by atoms with Crippen molar-refractivity contribution in [2.45, 2.75) is 19.9 Å². The predicted molar refractivity (Wildman–Crippen MR) is 78.4 cm³/mol. The topological polar surface area (TPSA) is 53.4 Å². The van der Waals surface area contributed by atoms with Gasteiger partial charge in [-0.2, -0.15) is 5.10 Å². The summed E-state index contributed by atoms with van der Waals surface area (Å²) < 4.78 is 1.91. The van der Waals surface area contributed by atoms with E-state index in [4.69, 9.17) is 0 Å². The fraction of sp³-hybridized carbons (Fsp3) is 0.714. The Morgan fingerprint density at radius 1 is 1.45 bits per heavy atom. The third kappa shape index (κ3) is 3.80. The summed E-state index contributed by atoms with van der Waals surface area (Å²) in [5.41, 5.74) is 2.25. The molecule has 0 saturated carbocycles. The van der Waals surface area contributed by atoms with Crippen LogP contribution in [0.1, 0.15) is 18.3 Å². The van der Waals surface area contributed by atoms with E-state index in [9.17, 15) is 4.79 Å². The van der Waals surface area contributed by atoms with Gasteiger partial charge in [0.15, 0.2) is 0 Å². The lowest BCUT2D eigenvalue weighted by atomic mass is 10.3. The van der Waals surface area contributed by atoms with Crippen LogP contribution >= 0.6 is 0 Å². The Labute approximate surface area is 120 Å². The van der Waals surface area contributed by atoms with Gasteiger partial charge in [-0.25, -0.2) is 0 Å². The Hall–Kier alpha value is -1.40. The van der Waals surface area contributed by atoms with Crippen molar-refractivity contribution >= 4 is 5.91 Å². The van der Waals surface area contributed by atoms with E-state index >= 15 is 0 Å². The van der Waals surface area contributed by atoms with Gasteiger partial charge in [-0.3, -0.25) is 14.4 Å². The van der Waals surface area contributed by atoms with Crippen molar-refractivity contribution in [3.05, 3.63) is 17.5 Å². The molecule has 0 aromatic carbocycles. The molecule has 0 spiro atoms. The first-order valence-electron chi connectivity index (χ1n) is 7.29. The third-order valence-electron chi connectivity index (χ3n) is 3.70. The van der Waals surface area contributed by atoms with Crippen molar-refractivity contribution in [1.82, 2.24) is 24.9 Å². The summed E-state index contributed by atoms with van der Waals surface area (Å²) in [6.45, 7) is 6.75. The van der Waals surface area contributed by atoms with E-state index in [1.807, 2.05) is 23.7 Å². The van der Waals surface area contributed by atoms with Gasteiger partial charge in [-0.05, 0) is 19.5 Å². The van der Waals surface area contributed by atoms with Crippen molar-refractivity contribution < 1.29 is 4.79 Å². The molecule has 1 aliphatic rings. The largest absolute Gasteiger partial charge is 0.339 e. The van der Waals surface area contributed by atoms with Crippen molar-refractivity contribution in [3.8, 4) is 0 Å². The molecule has 112 valence electrons. The number of carbonyl (C=O) groups excluding carboxylic acids is 1. The Balaban J connectivity index is 1.86.